The molecule has 1 aromatic heterocycles. The lowest BCUT2D eigenvalue weighted by atomic mass is 9.92. The number of carbonyl (C=O) groups excluding carboxylic acids is 3. The van der Waals surface area contributed by atoms with Crippen LogP contribution in [0, 0.1) is 11.2 Å². The van der Waals surface area contributed by atoms with Gasteiger partial charge in [-0.15, -0.1) is 0 Å². The van der Waals surface area contributed by atoms with Crippen molar-refractivity contribution < 1.29 is 23.5 Å². The number of aromatic nitrogens is 1. The Hall–Kier alpha value is -4.46. The minimum Gasteiger partial charge on any atom is -0.456 e. The summed E-state index contributed by atoms with van der Waals surface area (Å²) in [6.07, 6.45) is 0.356. The molecule has 0 saturated heterocycles. The van der Waals surface area contributed by atoms with Crippen molar-refractivity contribution in [1.82, 2.24) is 4.57 Å². The van der Waals surface area contributed by atoms with Gasteiger partial charge in [0.1, 0.15) is 17.1 Å². The molecular weight excluding hydrogens is 521 g/mol. The van der Waals surface area contributed by atoms with Gasteiger partial charge in [0.25, 0.3) is 5.91 Å². The summed E-state index contributed by atoms with van der Waals surface area (Å²) in [5.74, 6) is -1.41. The first kappa shape index (κ1) is 29.5. The number of halogens is 1. The van der Waals surface area contributed by atoms with Gasteiger partial charge in [-0.2, -0.15) is 0 Å². The zero-order valence-electron chi connectivity index (χ0n) is 24.3. The molecule has 0 radical (unpaired) electrons. The molecule has 0 bridgehead atoms. The van der Waals surface area contributed by atoms with Gasteiger partial charge in [0, 0.05) is 34.3 Å². The molecule has 4 rings (SSSR count). The van der Waals surface area contributed by atoms with Gasteiger partial charge in [-0.25, -0.2) is 9.18 Å². The number of hydrogen-bond acceptors (Lipinski definition) is 4. The molecule has 7 nitrogen and oxygen atoms in total. The average Bonchev–Trinajstić information content (AvgIpc) is 3.21. The van der Waals surface area contributed by atoms with E-state index >= 15 is 0 Å². The van der Waals surface area contributed by atoms with Crippen LogP contribution in [0.25, 0.3) is 10.9 Å². The largest absolute Gasteiger partial charge is 0.456 e. The molecule has 214 valence electrons. The maximum atomic E-state index is 14.6. The third kappa shape index (κ3) is 7.81. The third-order valence-electron chi connectivity index (χ3n) is 6.15. The Balaban J connectivity index is 1.68. The van der Waals surface area contributed by atoms with Gasteiger partial charge in [0.15, 0.2) is 0 Å². The first-order valence-electron chi connectivity index (χ1n) is 13.5. The number of anilines is 2. The summed E-state index contributed by atoms with van der Waals surface area (Å²) in [5, 5.41) is 6.50. The number of rotatable bonds is 7. The van der Waals surface area contributed by atoms with Crippen LogP contribution in [0.1, 0.15) is 74.4 Å². The van der Waals surface area contributed by atoms with Crippen LogP contribution in [0.2, 0.25) is 0 Å². The van der Waals surface area contributed by atoms with E-state index in [4.69, 9.17) is 4.74 Å². The second-order valence-corrected chi connectivity index (χ2v) is 12.3. The van der Waals surface area contributed by atoms with Gasteiger partial charge >= 0.3 is 5.97 Å². The Labute approximate surface area is 239 Å². The highest BCUT2D eigenvalue weighted by Crippen LogP contribution is 2.27. The first-order valence-corrected chi connectivity index (χ1v) is 13.5. The standard InChI is InChI=1S/C33H36FN3O4/c1-32(2,3)19-29(38)35-25-14-15-27-23(17-25)18-28(37(27)20-22-10-7-8-13-26(22)34)30(39)36-24-12-9-11-21(16-24)31(40)41-33(4,5)6/h7-18H,19-20H2,1-6H3,(H,35,38)(H,36,39). The Morgan fingerprint density at radius 3 is 2.22 bits per heavy atom. The van der Waals surface area contributed by atoms with Crippen molar-refractivity contribution in [3.63, 3.8) is 0 Å². The number of fused-ring (bicyclic) bond motifs is 1. The van der Waals surface area contributed by atoms with Crippen molar-refractivity contribution in [1.29, 1.82) is 0 Å². The number of nitrogens with one attached hydrogen (secondary N) is 2. The Morgan fingerprint density at radius 1 is 0.829 bits per heavy atom. The smallest absolute Gasteiger partial charge is 0.338 e. The van der Waals surface area contributed by atoms with E-state index in [1.807, 2.05) is 26.8 Å². The Morgan fingerprint density at radius 2 is 1.54 bits per heavy atom. The van der Waals surface area contributed by atoms with E-state index in [0.29, 0.717) is 45.5 Å². The highest BCUT2D eigenvalue weighted by Gasteiger charge is 2.21. The Bertz CT molecular complexity index is 1610. The quantitative estimate of drug-likeness (QED) is 0.232. The lowest BCUT2D eigenvalue weighted by molar-refractivity contribution is -0.117. The summed E-state index contributed by atoms with van der Waals surface area (Å²) in [7, 11) is 0. The number of hydrogen-bond donors (Lipinski definition) is 2. The van der Waals surface area contributed by atoms with E-state index in [1.165, 1.54) is 6.07 Å². The molecule has 2 N–H and O–H groups in total. The molecule has 0 aliphatic rings. The number of esters is 1. The van der Waals surface area contributed by atoms with Crippen molar-refractivity contribution in [2.45, 2.75) is 60.1 Å². The monoisotopic (exact) mass is 557 g/mol. The SMILES string of the molecule is CC(C)(C)CC(=O)Nc1ccc2c(c1)cc(C(=O)Nc1cccc(C(=O)OC(C)(C)C)c1)n2Cc1ccccc1F. The minimum atomic E-state index is -0.658. The number of nitrogens with zero attached hydrogens (tertiary/aromatic N) is 1. The molecular formula is C33H36FN3O4. The van der Waals surface area contributed by atoms with Crippen LogP contribution in [0.3, 0.4) is 0 Å². The number of amides is 2. The van der Waals surface area contributed by atoms with Crippen molar-refractivity contribution in [2.24, 2.45) is 5.41 Å². The molecule has 3 aromatic carbocycles. The zero-order valence-corrected chi connectivity index (χ0v) is 24.3. The van der Waals surface area contributed by atoms with Gasteiger partial charge < -0.3 is 19.9 Å². The highest BCUT2D eigenvalue weighted by molar-refractivity contribution is 6.07. The number of benzene rings is 3. The van der Waals surface area contributed by atoms with Crippen LogP contribution in [0.4, 0.5) is 15.8 Å². The van der Waals surface area contributed by atoms with Crippen molar-refractivity contribution >= 4 is 40.1 Å². The lowest BCUT2D eigenvalue weighted by Crippen LogP contribution is -2.24. The van der Waals surface area contributed by atoms with Gasteiger partial charge in [-0.05, 0) is 74.7 Å². The summed E-state index contributed by atoms with van der Waals surface area (Å²) in [4.78, 5) is 38.7. The van der Waals surface area contributed by atoms with Gasteiger partial charge in [-0.3, -0.25) is 9.59 Å². The van der Waals surface area contributed by atoms with E-state index in [0.717, 1.165) is 0 Å². The van der Waals surface area contributed by atoms with Crippen LogP contribution in [0.5, 0.6) is 0 Å². The first-order chi connectivity index (χ1) is 19.2. The molecule has 1 heterocycles. The van der Waals surface area contributed by atoms with E-state index in [1.54, 1.807) is 86.0 Å². The average molecular weight is 558 g/mol. The summed E-state index contributed by atoms with van der Waals surface area (Å²) in [6.45, 7) is 11.4. The maximum Gasteiger partial charge on any atom is 0.338 e. The maximum absolute atomic E-state index is 14.6. The molecule has 8 heteroatoms. The minimum absolute atomic E-state index is 0.106. The van der Waals surface area contributed by atoms with Crippen LogP contribution >= 0.6 is 0 Å². The van der Waals surface area contributed by atoms with Gasteiger partial charge in [0.05, 0.1) is 12.1 Å². The van der Waals surface area contributed by atoms with E-state index in [2.05, 4.69) is 10.6 Å². The van der Waals surface area contributed by atoms with Crippen molar-refractivity contribution in [2.75, 3.05) is 10.6 Å². The molecule has 0 unspecified atom stereocenters. The summed E-state index contributed by atoms with van der Waals surface area (Å²) < 4.78 is 21.8. The van der Waals surface area contributed by atoms with Crippen LogP contribution in [-0.4, -0.2) is 28.0 Å². The molecule has 0 saturated carbocycles. The second kappa shape index (κ2) is 11.6. The van der Waals surface area contributed by atoms with Gasteiger partial charge in [0.2, 0.25) is 5.91 Å². The van der Waals surface area contributed by atoms with Crippen LogP contribution in [0.15, 0.2) is 72.8 Å². The predicted octanol–water partition coefficient (Wildman–Crippen LogP) is 7.41. The summed E-state index contributed by atoms with van der Waals surface area (Å²) >= 11 is 0. The van der Waals surface area contributed by atoms with Crippen LogP contribution in [-0.2, 0) is 16.1 Å². The van der Waals surface area contributed by atoms with Crippen molar-refractivity contribution in [3.8, 4) is 0 Å². The normalized spacial score (nSPS) is 11.8. The molecule has 0 spiro atoms. The molecule has 41 heavy (non-hydrogen) atoms. The van der Waals surface area contributed by atoms with E-state index in [-0.39, 0.29) is 23.7 Å². The number of carbonyl (C=O) groups is 3. The Kier molecular flexibility index (Phi) is 8.33. The fraction of sp³-hybridized carbons (Fsp3) is 0.303. The molecule has 0 atom stereocenters. The molecule has 0 fully saturated rings. The fourth-order valence-corrected chi connectivity index (χ4v) is 4.45. The van der Waals surface area contributed by atoms with Crippen molar-refractivity contribution in [3.05, 3.63) is 95.4 Å². The lowest BCUT2D eigenvalue weighted by Gasteiger charge is -2.19. The molecule has 4 aromatic rings. The third-order valence-corrected chi connectivity index (χ3v) is 6.15. The topological polar surface area (TPSA) is 89.4 Å². The number of ether oxygens (including phenoxy) is 1. The van der Waals surface area contributed by atoms with Gasteiger partial charge in [-0.1, -0.05) is 45.0 Å². The van der Waals surface area contributed by atoms with E-state index < -0.39 is 17.5 Å². The summed E-state index contributed by atoms with van der Waals surface area (Å²) in [5.41, 5.74) is 1.92. The molecule has 2 amide bonds. The summed E-state index contributed by atoms with van der Waals surface area (Å²) in [6, 6.07) is 20.0. The highest BCUT2D eigenvalue weighted by atomic mass is 19.1. The van der Waals surface area contributed by atoms with Crippen LogP contribution < -0.4 is 10.6 Å². The molecule has 0 aliphatic carbocycles. The van der Waals surface area contributed by atoms with E-state index in [9.17, 15) is 18.8 Å². The fourth-order valence-electron chi connectivity index (χ4n) is 4.45. The second-order valence-electron chi connectivity index (χ2n) is 12.3. The predicted molar refractivity (Wildman–Crippen MR) is 160 cm³/mol. The molecule has 0 aliphatic heterocycles. The zero-order chi connectivity index (χ0) is 29.9.